The molecule has 0 spiro atoms. The van der Waals surface area contributed by atoms with Crippen LogP contribution in [0.3, 0.4) is 0 Å². The van der Waals surface area contributed by atoms with Crippen LogP contribution in [0.2, 0.25) is 0 Å². The number of amides is 1. The summed E-state index contributed by atoms with van der Waals surface area (Å²) in [5.41, 5.74) is 11.5. The number of aromatic nitrogens is 2. The number of carbonyl (C=O) groups excluding carboxylic acids is 1. The van der Waals surface area contributed by atoms with E-state index in [2.05, 4.69) is 33.7 Å². The summed E-state index contributed by atoms with van der Waals surface area (Å²) in [6.45, 7) is 6.15. The number of fused-ring (bicyclic) bond motifs is 1. The molecule has 0 radical (unpaired) electrons. The Morgan fingerprint density at radius 3 is 2.74 bits per heavy atom. The highest BCUT2D eigenvalue weighted by Crippen LogP contribution is 2.39. The van der Waals surface area contributed by atoms with E-state index < -0.39 is 0 Å². The Labute approximate surface area is 210 Å². The van der Waals surface area contributed by atoms with Gasteiger partial charge in [-0.05, 0) is 75.3 Å². The number of hydrogen-bond donors (Lipinski definition) is 2. The minimum Gasteiger partial charge on any atom is -0.489 e. The number of anilines is 1. The van der Waals surface area contributed by atoms with Crippen LogP contribution in [0.1, 0.15) is 56.7 Å². The number of ether oxygens (including phenoxy) is 1. The lowest BCUT2D eigenvalue weighted by molar-refractivity contribution is -0.129. The van der Waals surface area contributed by atoms with Crippen molar-refractivity contribution in [1.82, 2.24) is 20.4 Å². The Morgan fingerprint density at radius 1 is 1.17 bits per heavy atom. The van der Waals surface area contributed by atoms with Crippen LogP contribution in [-0.2, 0) is 11.2 Å². The molecule has 2 heterocycles. The molecule has 3 aromatic rings. The number of nitrogens with two attached hydrogens (primary N) is 1. The molecular formula is C27H33N5O2S. The summed E-state index contributed by atoms with van der Waals surface area (Å²) in [5, 5.41) is 14.3. The van der Waals surface area contributed by atoms with Crippen molar-refractivity contribution in [3.63, 3.8) is 0 Å². The van der Waals surface area contributed by atoms with Gasteiger partial charge in [0.25, 0.3) is 0 Å². The average molecular weight is 492 g/mol. The molecular weight excluding hydrogens is 458 g/mol. The van der Waals surface area contributed by atoms with Gasteiger partial charge in [-0.25, -0.2) is 0 Å². The van der Waals surface area contributed by atoms with Crippen molar-refractivity contribution in [3.05, 3.63) is 47.5 Å². The summed E-state index contributed by atoms with van der Waals surface area (Å²) >= 11 is 1.58. The molecule has 0 saturated carbocycles. The third-order valence-electron chi connectivity index (χ3n) is 6.74. The maximum atomic E-state index is 12.6. The standard InChI is InChI=1S/C27H33N5O2S/c1-17(2)34-24-12-11-18(15-22(24)28)26-30-31-27(35-26)21-9-5-8-20-19(21)7-6-10-23(20)29-16-25(33)32-13-3-4-14-32/h5,8-9,11-12,15,17,23,29H,3-4,6-7,10,13-14,16,28H2,1-2H3. The summed E-state index contributed by atoms with van der Waals surface area (Å²) in [6.07, 6.45) is 5.43. The van der Waals surface area contributed by atoms with Gasteiger partial charge in [0, 0.05) is 30.3 Å². The fourth-order valence-electron chi connectivity index (χ4n) is 5.04. The first-order valence-electron chi connectivity index (χ1n) is 12.5. The number of rotatable bonds is 7. The molecule has 7 nitrogen and oxygen atoms in total. The molecule has 2 aromatic carbocycles. The van der Waals surface area contributed by atoms with E-state index in [0.29, 0.717) is 18.0 Å². The first-order chi connectivity index (χ1) is 17.0. The Morgan fingerprint density at radius 2 is 1.97 bits per heavy atom. The second kappa shape index (κ2) is 10.3. The quantitative estimate of drug-likeness (QED) is 0.460. The number of hydrogen-bond acceptors (Lipinski definition) is 7. The van der Waals surface area contributed by atoms with Gasteiger partial charge in [-0.3, -0.25) is 4.79 Å². The number of carbonyl (C=O) groups is 1. The second-order valence-electron chi connectivity index (χ2n) is 9.62. The Kier molecular flexibility index (Phi) is 7.02. The molecule has 0 bridgehead atoms. The van der Waals surface area contributed by atoms with E-state index in [-0.39, 0.29) is 18.1 Å². The summed E-state index contributed by atoms with van der Waals surface area (Å²) in [4.78, 5) is 14.5. The average Bonchev–Trinajstić information content (AvgIpc) is 3.56. The fourth-order valence-corrected chi connectivity index (χ4v) is 5.93. The third-order valence-corrected chi connectivity index (χ3v) is 7.75. The SMILES string of the molecule is CC(C)Oc1ccc(-c2nnc(-c3cccc4c3CCCC4NCC(=O)N3CCCC3)s2)cc1N. The van der Waals surface area contributed by atoms with Crippen molar-refractivity contribution in [2.24, 2.45) is 0 Å². The molecule has 5 rings (SSSR count). The van der Waals surface area contributed by atoms with Gasteiger partial charge in [-0.1, -0.05) is 29.5 Å². The monoisotopic (exact) mass is 491 g/mol. The van der Waals surface area contributed by atoms with Crippen molar-refractivity contribution in [1.29, 1.82) is 0 Å². The topological polar surface area (TPSA) is 93.4 Å². The lowest BCUT2D eigenvalue weighted by Gasteiger charge is -2.28. The van der Waals surface area contributed by atoms with Gasteiger partial charge in [0.2, 0.25) is 5.91 Å². The van der Waals surface area contributed by atoms with Crippen molar-refractivity contribution < 1.29 is 9.53 Å². The molecule has 3 N–H and O–H groups in total. The molecule has 35 heavy (non-hydrogen) atoms. The van der Waals surface area contributed by atoms with Gasteiger partial charge >= 0.3 is 0 Å². The predicted molar refractivity (Wildman–Crippen MR) is 140 cm³/mol. The highest BCUT2D eigenvalue weighted by atomic mass is 32.1. The molecule has 8 heteroatoms. The highest BCUT2D eigenvalue weighted by molar-refractivity contribution is 7.17. The van der Waals surface area contributed by atoms with Crippen molar-refractivity contribution >= 4 is 22.9 Å². The van der Waals surface area contributed by atoms with Crippen LogP contribution in [0.4, 0.5) is 5.69 Å². The van der Waals surface area contributed by atoms with Crippen LogP contribution >= 0.6 is 11.3 Å². The second-order valence-corrected chi connectivity index (χ2v) is 10.6. The highest BCUT2D eigenvalue weighted by Gasteiger charge is 2.25. The molecule has 184 valence electrons. The molecule has 1 unspecified atom stereocenters. The number of benzene rings is 2. The predicted octanol–water partition coefficient (Wildman–Crippen LogP) is 4.83. The van der Waals surface area contributed by atoms with Crippen LogP contribution < -0.4 is 15.8 Å². The minimum atomic E-state index is 0.0668. The van der Waals surface area contributed by atoms with E-state index in [1.165, 1.54) is 11.1 Å². The molecule has 1 fully saturated rings. The largest absolute Gasteiger partial charge is 0.489 e. The molecule has 1 amide bonds. The zero-order valence-corrected chi connectivity index (χ0v) is 21.2. The fraction of sp³-hybridized carbons (Fsp3) is 0.444. The van der Waals surface area contributed by atoms with Gasteiger partial charge in [0.1, 0.15) is 15.8 Å². The summed E-state index contributed by atoms with van der Waals surface area (Å²) in [6, 6.07) is 12.4. The van der Waals surface area contributed by atoms with E-state index >= 15 is 0 Å². The van der Waals surface area contributed by atoms with E-state index in [1.54, 1.807) is 11.3 Å². The number of nitrogen functional groups attached to an aromatic ring is 1. The van der Waals surface area contributed by atoms with Crippen LogP contribution in [0.25, 0.3) is 21.1 Å². The number of nitrogens with one attached hydrogen (secondary N) is 1. The van der Waals surface area contributed by atoms with Gasteiger partial charge in [0.05, 0.1) is 18.3 Å². The van der Waals surface area contributed by atoms with Crippen LogP contribution in [0.5, 0.6) is 5.75 Å². The minimum absolute atomic E-state index is 0.0668. The maximum Gasteiger partial charge on any atom is 0.236 e. The van der Waals surface area contributed by atoms with E-state index in [4.69, 9.17) is 10.5 Å². The third kappa shape index (κ3) is 5.18. The Balaban J connectivity index is 1.35. The molecule has 1 atom stereocenters. The molecule has 1 aliphatic heterocycles. The molecule has 2 aliphatic rings. The zero-order valence-electron chi connectivity index (χ0n) is 20.4. The van der Waals surface area contributed by atoms with E-state index in [0.717, 1.165) is 66.3 Å². The van der Waals surface area contributed by atoms with E-state index in [9.17, 15) is 4.79 Å². The smallest absolute Gasteiger partial charge is 0.236 e. The Bertz CT molecular complexity index is 1200. The van der Waals surface area contributed by atoms with Gasteiger partial charge in [-0.15, -0.1) is 10.2 Å². The van der Waals surface area contributed by atoms with Gasteiger partial charge < -0.3 is 20.7 Å². The van der Waals surface area contributed by atoms with Gasteiger partial charge in [-0.2, -0.15) is 0 Å². The van der Waals surface area contributed by atoms with Crippen molar-refractivity contribution in [2.75, 3.05) is 25.4 Å². The number of nitrogens with zero attached hydrogens (tertiary/aromatic N) is 3. The zero-order chi connectivity index (χ0) is 24.4. The van der Waals surface area contributed by atoms with Crippen LogP contribution in [-0.4, -0.2) is 46.7 Å². The lowest BCUT2D eigenvalue weighted by atomic mass is 9.85. The van der Waals surface area contributed by atoms with E-state index in [1.807, 2.05) is 36.9 Å². The summed E-state index contributed by atoms with van der Waals surface area (Å²) in [7, 11) is 0. The van der Waals surface area contributed by atoms with Crippen molar-refractivity contribution in [3.8, 4) is 26.9 Å². The van der Waals surface area contributed by atoms with Crippen molar-refractivity contribution in [2.45, 2.75) is 58.1 Å². The molecule has 1 aliphatic carbocycles. The first-order valence-corrected chi connectivity index (χ1v) is 13.3. The Hall–Kier alpha value is -2.97. The maximum absolute atomic E-state index is 12.6. The molecule has 1 aromatic heterocycles. The normalized spacial score (nSPS) is 17.6. The van der Waals surface area contributed by atoms with Crippen LogP contribution in [0, 0.1) is 0 Å². The van der Waals surface area contributed by atoms with Crippen LogP contribution in [0.15, 0.2) is 36.4 Å². The van der Waals surface area contributed by atoms with Gasteiger partial charge in [0.15, 0.2) is 0 Å². The first kappa shape index (κ1) is 23.8. The summed E-state index contributed by atoms with van der Waals surface area (Å²) in [5.74, 6) is 0.899. The lowest BCUT2D eigenvalue weighted by Crippen LogP contribution is -2.38. The number of likely N-dealkylation sites (tertiary alicyclic amines) is 1. The summed E-state index contributed by atoms with van der Waals surface area (Å²) < 4.78 is 5.76. The molecule has 1 saturated heterocycles.